The van der Waals surface area contributed by atoms with Crippen molar-refractivity contribution in [1.29, 1.82) is 0 Å². The van der Waals surface area contributed by atoms with E-state index in [1.54, 1.807) is 0 Å². The minimum atomic E-state index is -0.0520. The number of likely N-dealkylation sites (tertiary alicyclic amines) is 1. The largest absolute Gasteiger partial charge is 0.396 e. The average Bonchev–Trinajstić information content (AvgIpc) is 3.06. The van der Waals surface area contributed by atoms with Crippen molar-refractivity contribution in [3.63, 3.8) is 0 Å². The van der Waals surface area contributed by atoms with E-state index in [0.29, 0.717) is 19.0 Å². The Balaban J connectivity index is 1.41. The first kappa shape index (κ1) is 16.7. The Hall–Kier alpha value is -1.14. The highest BCUT2D eigenvalue weighted by molar-refractivity contribution is 6.30. The zero-order valence-electron chi connectivity index (χ0n) is 13.2. The summed E-state index contributed by atoms with van der Waals surface area (Å²) >= 11 is 5.86. The van der Waals surface area contributed by atoms with Crippen molar-refractivity contribution in [2.24, 2.45) is 11.3 Å². The van der Waals surface area contributed by atoms with Crippen LogP contribution >= 0.6 is 11.6 Å². The standard InChI is InChI=1S/C17H24ClN3O2/c18-15-3-1-13(2-4-15)5-6-20-16(23)9-21-8-14-7-19-10-17(14,11-21)12-22/h1-4,14,19,22H,5-12H2,(H,20,23). The maximum absolute atomic E-state index is 12.1. The molecule has 5 nitrogen and oxygen atoms in total. The molecule has 2 aliphatic heterocycles. The molecule has 2 fully saturated rings. The van der Waals surface area contributed by atoms with Gasteiger partial charge in [-0.2, -0.15) is 0 Å². The topological polar surface area (TPSA) is 64.6 Å². The van der Waals surface area contributed by atoms with Gasteiger partial charge < -0.3 is 15.7 Å². The van der Waals surface area contributed by atoms with Crippen LogP contribution in [0.15, 0.2) is 24.3 Å². The third-order valence-electron chi connectivity index (χ3n) is 5.08. The van der Waals surface area contributed by atoms with Gasteiger partial charge in [-0.25, -0.2) is 0 Å². The number of nitrogens with one attached hydrogen (secondary N) is 2. The number of rotatable bonds is 6. The van der Waals surface area contributed by atoms with Gasteiger partial charge in [0.05, 0.1) is 13.2 Å². The molecule has 0 aliphatic carbocycles. The quantitative estimate of drug-likeness (QED) is 0.708. The molecule has 2 saturated heterocycles. The number of aliphatic hydroxyl groups excluding tert-OH is 1. The molecule has 0 aromatic heterocycles. The van der Waals surface area contributed by atoms with Crippen LogP contribution in [-0.2, 0) is 11.2 Å². The smallest absolute Gasteiger partial charge is 0.234 e. The summed E-state index contributed by atoms with van der Waals surface area (Å²) in [6.07, 6.45) is 0.802. The van der Waals surface area contributed by atoms with E-state index in [1.165, 1.54) is 0 Å². The highest BCUT2D eigenvalue weighted by Gasteiger charge is 2.49. The van der Waals surface area contributed by atoms with Gasteiger partial charge in [-0.15, -0.1) is 0 Å². The van der Waals surface area contributed by atoms with E-state index in [0.717, 1.165) is 43.2 Å². The van der Waals surface area contributed by atoms with E-state index in [9.17, 15) is 9.90 Å². The normalized spacial score (nSPS) is 27.1. The van der Waals surface area contributed by atoms with Crippen molar-refractivity contribution < 1.29 is 9.90 Å². The van der Waals surface area contributed by atoms with E-state index >= 15 is 0 Å². The predicted octanol–water partition coefficient (Wildman–Crippen LogP) is 0.512. The summed E-state index contributed by atoms with van der Waals surface area (Å²) in [5, 5.41) is 16.7. The molecule has 0 bridgehead atoms. The maximum Gasteiger partial charge on any atom is 0.234 e. The van der Waals surface area contributed by atoms with Crippen molar-refractivity contribution in [2.45, 2.75) is 6.42 Å². The molecule has 2 heterocycles. The Morgan fingerprint density at radius 1 is 1.43 bits per heavy atom. The molecular weight excluding hydrogens is 314 g/mol. The van der Waals surface area contributed by atoms with Crippen LogP contribution in [0.5, 0.6) is 0 Å². The van der Waals surface area contributed by atoms with Gasteiger partial charge in [0.2, 0.25) is 5.91 Å². The first-order valence-corrected chi connectivity index (χ1v) is 8.54. The Morgan fingerprint density at radius 2 is 2.22 bits per heavy atom. The molecular formula is C17H24ClN3O2. The van der Waals surface area contributed by atoms with Crippen LogP contribution in [0.1, 0.15) is 5.56 Å². The van der Waals surface area contributed by atoms with E-state index in [4.69, 9.17) is 11.6 Å². The van der Waals surface area contributed by atoms with Gasteiger partial charge in [-0.3, -0.25) is 9.69 Å². The minimum Gasteiger partial charge on any atom is -0.396 e. The molecule has 6 heteroatoms. The summed E-state index contributed by atoms with van der Waals surface area (Å²) in [4.78, 5) is 14.3. The number of aliphatic hydroxyl groups is 1. The molecule has 1 aromatic rings. The Morgan fingerprint density at radius 3 is 2.91 bits per heavy atom. The second-order valence-corrected chi connectivity index (χ2v) is 7.18. The number of amides is 1. The van der Waals surface area contributed by atoms with Gasteiger partial charge in [0.1, 0.15) is 0 Å². The lowest BCUT2D eigenvalue weighted by atomic mass is 9.82. The predicted molar refractivity (Wildman–Crippen MR) is 90.5 cm³/mol. The molecule has 2 unspecified atom stereocenters. The first-order valence-electron chi connectivity index (χ1n) is 8.16. The molecule has 126 valence electrons. The summed E-state index contributed by atoms with van der Waals surface area (Å²) in [5.74, 6) is 0.509. The van der Waals surface area contributed by atoms with Crippen LogP contribution in [-0.4, -0.2) is 61.8 Å². The number of carbonyl (C=O) groups excluding carboxylic acids is 1. The Labute approximate surface area is 142 Å². The van der Waals surface area contributed by atoms with Crippen molar-refractivity contribution in [3.8, 4) is 0 Å². The number of hydrogen-bond acceptors (Lipinski definition) is 4. The van der Waals surface area contributed by atoms with Gasteiger partial charge in [0.25, 0.3) is 0 Å². The third-order valence-corrected chi connectivity index (χ3v) is 5.33. The highest BCUT2D eigenvalue weighted by atomic mass is 35.5. The van der Waals surface area contributed by atoms with Crippen LogP contribution in [0.2, 0.25) is 5.02 Å². The first-order chi connectivity index (χ1) is 11.1. The molecule has 0 saturated carbocycles. The van der Waals surface area contributed by atoms with Gasteiger partial charge >= 0.3 is 0 Å². The summed E-state index contributed by atoms with van der Waals surface area (Å²) in [5.41, 5.74) is 1.11. The number of halogens is 1. The molecule has 0 spiro atoms. The van der Waals surface area contributed by atoms with Crippen LogP contribution in [0.3, 0.4) is 0 Å². The zero-order chi connectivity index (χ0) is 16.3. The van der Waals surface area contributed by atoms with E-state index < -0.39 is 0 Å². The second-order valence-electron chi connectivity index (χ2n) is 6.74. The van der Waals surface area contributed by atoms with Gasteiger partial charge in [0, 0.05) is 36.6 Å². The number of hydrogen-bond donors (Lipinski definition) is 3. The Bertz CT molecular complexity index is 551. The fourth-order valence-electron chi connectivity index (χ4n) is 3.73. The fourth-order valence-corrected chi connectivity index (χ4v) is 3.86. The third kappa shape index (κ3) is 3.86. The molecule has 0 radical (unpaired) electrons. The molecule has 3 rings (SSSR count). The maximum atomic E-state index is 12.1. The van der Waals surface area contributed by atoms with Gasteiger partial charge in [0.15, 0.2) is 0 Å². The SMILES string of the molecule is O=C(CN1CC2CNCC2(CO)C1)NCCc1ccc(Cl)cc1. The molecule has 3 N–H and O–H groups in total. The summed E-state index contributed by atoms with van der Waals surface area (Å²) < 4.78 is 0. The van der Waals surface area contributed by atoms with Crippen molar-refractivity contribution in [1.82, 2.24) is 15.5 Å². The Kier molecular flexibility index (Phi) is 5.21. The van der Waals surface area contributed by atoms with Gasteiger partial charge in [-0.05, 0) is 36.6 Å². The highest BCUT2D eigenvalue weighted by Crippen LogP contribution is 2.38. The van der Waals surface area contributed by atoms with Crippen LogP contribution in [0.4, 0.5) is 0 Å². The number of fused-ring (bicyclic) bond motifs is 1. The second kappa shape index (κ2) is 7.18. The van der Waals surface area contributed by atoms with Crippen molar-refractivity contribution in [3.05, 3.63) is 34.9 Å². The fraction of sp³-hybridized carbons (Fsp3) is 0.588. The van der Waals surface area contributed by atoms with Gasteiger partial charge in [-0.1, -0.05) is 23.7 Å². The van der Waals surface area contributed by atoms with E-state index in [2.05, 4.69) is 15.5 Å². The van der Waals surface area contributed by atoms with E-state index in [-0.39, 0.29) is 17.9 Å². The van der Waals surface area contributed by atoms with Crippen LogP contribution in [0, 0.1) is 11.3 Å². The average molecular weight is 338 g/mol. The summed E-state index contributed by atoms with van der Waals surface area (Å²) in [6, 6.07) is 7.69. The lowest BCUT2D eigenvalue weighted by molar-refractivity contribution is -0.122. The van der Waals surface area contributed by atoms with E-state index in [1.807, 2.05) is 24.3 Å². The number of benzene rings is 1. The molecule has 2 aliphatic rings. The molecule has 1 amide bonds. The number of carbonyl (C=O) groups is 1. The monoisotopic (exact) mass is 337 g/mol. The molecule has 1 aromatic carbocycles. The van der Waals surface area contributed by atoms with Crippen molar-refractivity contribution in [2.75, 3.05) is 45.9 Å². The lowest BCUT2D eigenvalue weighted by Gasteiger charge is -2.25. The number of nitrogens with zero attached hydrogens (tertiary/aromatic N) is 1. The van der Waals surface area contributed by atoms with Crippen LogP contribution < -0.4 is 10.6 Å². The van der Waals surface area contributed by atoms with Crippen LogP contribution in [0.25, 0.3) is 0 Å². The summed E-state index contributed by atoms with van der Waals surface area (Å²) in [7, 11) is 0. The minimum absolute atomic E-state index is 0.0520. The summed E-state index contributed by atoms with van der Waals surface area (Å²) in [6.45, 7) is 4.71. The molecule has 23 heavy (non-hydrogen) atoms. The lowest BCUT2D eigenvalue weighted by Crippen LogP contribution is -2.40. The molecule has 2 atom stereocenters. The zero-order valence-corrected chi connectivity index (χ0v) is 14.0. The van der Waals surface area contributed by atoms with Crippen molar-refractivity contribution >= 4 is 17.5 Å².